The Bertz CT molecular complexity index is 1000. The molecule has 1 fully saturated rings. The smallest absolute Gasteiger partial charge is 0.225 e. The SMILES string of the molecule is Cc1ccc(-c2cnc(N3CCC[C@@H](C(=O)NCc4ccccc4Cl)C3)nc2)cc1. The number of halogens is 1. The molecule has 1 amide bonds. The molecule has 1 atom stereocenters. The van der Waals surface area contributed by atoms with Gasteiger partial charge >= 0.3 is 0 Å². The first-order valence-electron chi connectivity index (χ1n) is 10.3. The van der Waals surface area contributed by atoms with Gasteiger partial charge in [0.05, 0.1) is 5.92 Å². The second kappa shape index (κ2) is 9.26. The van der Waals surface area contributed by atoms with Gasteiger partial charge in [-0.1, -0.05) is 59.6 Å². The molecule has 1 aliphatic rings. The molecule has 1 aromatic heterocycles. The van der Waals surface area contributed by atoms with Gasteiger partial charge in [0.15, 0.2) is 0 Å². The summed E-state index contributed by atoms with van der Waals surface area (Å²) in [6.07, 6.45) is 5.52. The summed E-state index contributed by atoms with van der Waals surface area (Å²) in [5, 5.41) is 3.70. The van der Waals surface area contributed by atoms with Crippen LogP contribution in [0.15, 0.2) is 60.9 Å². The number of carbonyl (C=O) groups excluding carboxylic acids is 1. The molecule has 0 saturated carbocycles. The molecule has 3 aromatic rings. The first kappa shape index (κ1) is 20.4. The van der Waals surface area contributed by atoms with Gasteiger partial charge in [0.25, 0.3) is 0 Å². The predicted octanol–water partition coefficient (Wildman–Crippen LogP) is 4.64. The molecule has 4 rings (SSSR count). The van der Waals surface area contributed by atoms with Gasteiger partial charge in [-0.3, -0.25) is 4.79 Å². The van der Waals surface area contributed by atoms with Crippen molar-refractivity contribution in [1.82, 2.24) is 15.3 Å². The summed E-state index contributed by atoms with van der Waals surface area (Å²) < 4.78 is 0. The van der Waals surface area contributed by atoms with Crippen LogP contribution in [0, 0.1) is 12.8 Å². The highest BCUT2D eigenvalue weighted by Crippen LogP contribution is 2.23. The molecule has 2 heterocycles. The minimum Gasteiger partial charge on any atom is -0.352 e. The van der Waals surface area contributed by atoms with Gasteiger partial charge in [-0.25, -0.2) is 9.97 Å². The molecule has 1 aliphatic heterocycles. The molecule has 1 saturated heterocycles. The minimum absolute atomic E-state index is 0.0518. The number of nitrogens with one attached hydrogen (secondary N) is 1. The number of rotatable bonds is 5. The van der Waals surface area contributed by atoms with E-state index in [9.17, 15) is 4.79 Å². The van der Waals surface area contributed by atoms with Crippen LogP contribution in [0.4, 0.5) is 5.95 Å². The highest BCUT2D eigenvalue weighted by atomic mass is 35.5. The van der Waals surface area contributed by atoms with E-state index in [0.717, 1.165) is 36.1 Å². The van der Waals surface area contributed by atoms with E-state index in [1.807, 2.05) is 36.7 Å². The molecule has 154 valence electrons. The average molecular weight is 421 g/mol. The molecule has 0 spiro atoms. The summed E-state index contributed by atoms with van der Waals surface area (Å²) in [4.78, 5) is 23.9. The van der Waals surface area contributed by atoms with Crippen molar-refractivity contribution in [2.75, 3.05) is 18.0 Å². The summed E-state index contributed by atoms with van der Waals surface area (Å²) in [6.45, 7) is 3.99. The van der Waals surface area contributed by atoms with Crippen molar-refractivity contribution in [2.45, 2.75) is 26.3 Å². The number of aromatic nitrogens is 2. The number of aryl methyl sites for hydroxylation is 1. The van der Waals surface area contributed by atoms with Crippen LogP contribution < -0.4 is 10.2 Å². The Balaban J connectivity index is 1.38. The van der Waals surface area contributed by atoms with E-state index in [-0.39, 0.29) is 11.8 Å². The molecule has 0 unspecified atom stereocenters. The summed E-state index contributed by atoms with van der Waals surface area (Å²) in [5.41, 5.74) is 4.24. The van der Waals surface area contributed by atoms with Crippen molar-refractivity contribution < 1.29 is 4.79 Å². The van der Waals surface area contributed by atoms with Crippen molar-refractivity contribution in [2.24, 2.45) is 5.92 Å². The van der Waals surface area contributed by atoms with Crippen LogP contribution in [0.2, 0.25) is 5.02 Å². The largest absolute Gasteiger partial charge is 0.352 e. The van der Waals surface area contributed by atoms with Gasteiger partial charge in [0.1, 0.15) is 0 Å². The summed E-state index contributed by atoms with van der Waals surface area (Å²) in [5.74, 6) is 0.645. The third-order valence-electron chi connectivity index (χ3n) is 5.51. The second-order valence-corrected chi connectivity index (χ2v) is 8.14. The lowest BCUT2D eigenvalue weighted by molar-refractivity contribution is -0.125. The lowest BCUT2D eigenvalue weighted by Gasteiger charge is -2.32. The van der Waals surface area contributed by atoms with E-state index in [1.165, 1.54) is 5.56 Å². The van der Waals surface area contributed by atoms with Crippen molar-refractivity contribution in [1.29, 1.82) is 0 Å². The van der Waals surface area contributed by atoms with E-state index in [0.29, 0.717) is 24.1 Å². The lowest BCUT2D eigenvalue weighted by atomic mass is 9.97. The normalized spacial score (nSPS) is 16.3. The molecule has 6 heteroatoms. The van der Waals surface area contributed by atoms with Gasteiger partial charge in [-0.15, -0.1) is 0 Å². The fourth-order valence-electron chi connectivity index (χ4n) is 3.72. The zero-order chi connectivity index (χ0) is 20.9. The first-order valence-corrected chi connectivity index (χ1v) is 10.6. The van der Waals surface area contributed by atoms with Gasteiger partial charge in [0.2, 0.25) is 11.9 Å². The first-order chi connectivity index (χ1) is 14.6. The predicted molar refractivity (Wildman–Crippen MR) is 120 cm³/mol. The van der Waals surface area contributed by atoms with Crippen molar-refractivity contribution in [3.8, 4) is 11.1 Å². The van der Waals surface area contributed by atoms with Crippen LogP contribution >= 0.6 is 11.6 Å². The minimum atomic E-state index is -0.0818. The Morgan fingerprint density at radius 2 is 1.83 bits per heavy atom. The molecule has 0 aliphatic carbocycles. The number of amides is 1. The standard InChI is InChI=1S/C24H25ClN4O/c1-17-8-10-18(11-9-17)21-14-27-24(28-15-21)29-12-4-6-20(16-29)23(30)26-13-19-5-2-3-7-22(19)25/h2-3,5,7-11,14-15,20H,4,6,12-13,16H2,1H3,(H,26,30)/t20-/m1/s1. The summed E-state index contributed by atoms with van der Waals surface area (Å²) >= 11 is 6.19. The molecule has 30 heavy (non-hydrogen) atoms. The maximum absolute atomic E-state index is 12.7. The third kappa shape index (κ3) is 4.79. The Labute approximate surface area is 182 Å². The molecule has 1 N–H and O–H groups in total. The fraction of sp³-hybridized carbons (Fsp3) is 0.292. The van der Waals surface area contributed by atoms with Crippen molar-refractivity contribution in [3.63, 3.8) is 0 Å². The van der Waals surface area contributed by atoms with Gasteiger partial charge in [0, 0.05) is 42.6 Å². The summed E-state index contributed by atoms with van der Waals surface area (Å²) in [7, 11) is 0. The molecular formula is C24H25ClN4O. The number of carbonyl (C=O) groups is 1. The number of nitrogens with zero attached hydrogens (tertiary/aromatic N) is 3. The fourth-order valence-corrected chi connectivity index (χ4v) is 3.92. The lowest BCUT2D eigenvalue weighted by Crippen LogP contribution is -2.43. The topological polar surface area (TPSA) is 58.1 Å². The monoisotopic (exact) mass is 420 g/mol. The van der Waals surface area contributed by atoms with Crippen LogP contribution in [-0.4, -0.2) is 29.0 Å². The van der Waals surface area contributed by atoms with Crippen LogP contribution in [0.3, 0.4) is 0 Å². The third-order valence-corrected chi connectivity index (χ3v) is 5.88. The van der Waals surface area contributed by atoms with Crippen LogP contribution in [0.5, 0.6) is 0 Å². The maximum Gasteiger partial charge on any atom is 0.225 e. The number of hydrogen-bond donors (Lipinski definition) is 1. The van der Waals surface area contributed by atoms with E-state index in [2.05, 4.69) is 51.4 Å². The van der Waals surface area contributed by atoms with Gasteiger partial charge < -0.3 is 10.2 Å². The Hall–Kier alpha value is -2.92. The highest BCUT2D eigenvalue weighted by molar-refractivity contribution is 6.31. The number of benzene rings is 2. The van der Waals surface area contributed by atoms with Crippen LogP contribution in [0.1, 0.15) is 24.0 Å². The molecule has 5 nitrogen and oxygen atoms in total. The van der Waals surface area contributed by atoms with Crippen LogP contribution in [0.25, 0.3) is 11.1 Å². The number of hydrogen-bond acceptors (Lipinski definition) is 4. The molecule has 0 bridgehead atoms. The summed E-state index contributed by atoms with van der Waals surface area (Å²) in [6, 6.07) is 15.9. The second-order valence-electron chi connectivity index (χ2n) is 7.73. The van der Waals surface area contributed by atoms with E-state index in [4.69, 9.17) is 11.6 Å². The Morgan fingerprint density at radius 3 is 2.57 bits per heavy atom. The van der Waals surface area contributed by atoms with Crippen molar-refractivity contribution in [3.05, 3.63) is 77.1 Å². The van der Waals surface area contributed by atoms with Gasteiger partial charge in [-0.05, 0) is 37.0 Å². The molecule has 2 aromatic carbocycles. The maximum atomic E-state index is 12.7. The van der Waals surface area contributed by atoms with Crippen LogP contribution in [-0.2, 0) is 11.3 Å². The number of anilines is 1. The van der Waals surface area contributed by atoms with Crippen molar-refractivity contribution >= 4 is 23.5 Å². The zero-order valence-electron chi connectivity index (χ0n) is 17.0. The average Bonchev–Trinajstić information content (AvgIpc) is 2.79. The Morgan fingerprint density at radius 1 is 1.10 bits per heavy atom. The number of piperidine rings is 1. The Kier molecular flexibility index (Phi) is 6.29. The van der Waals surface area contributed by atoms with Gasteiger partial charge in [-0.2, -0.15) is 0 Å². The quantitative estimate of drug-likeness (QED) is 0.653. The highest BCUT2D eigenvalue weighted by Gasteiger charge is 2.27. The molecule has 0 radical (unpaired) electrons. The van der Waals surface area contributed by atoms with E-state index >= 15 is 0 Å². The van der Waals surface area contributed by atoms with E-state index in [1.54, 1.807) is 0 Å². The molecular weight excluding hydrogens is 396 g/mol. The zero-order valence-corrected chi connectivity index (χ0v) is 17.8. The van der Waals surface area contributed by atoms with E-state index < -0.39 is 0 Å².